The summed E-state index contributed by atoms with van der Waals surface area (Å²) in [6.45, 7) is 4.35. The minimum atomic E-state index is -0.973. The van der Waals surface area contributed by atoms with E-state index in [2.05, 4.69) is 54.3 Å². The van der Waals surface area contributed by atoms with E-state index in [1.807, 2.05) is 18.2 Å². The fourth-order valence-electron chi connectivity index (χ4n) is 4.53. The van der Waals surface area contributed by atoms with Crippen LogP contribution in [0.5, 0.6) is 5.75 Å². The Morgan fingerprint density at radius 1 is 1.15 bits per heavy atom. The highest BCUT2D eigenvalue weighted by atomic mass is 35.5. The lowest BCUT2D eigenvalue weighted by Gasteiger charge is -2.35. The molecule has 176 valence electrons. The Morgan fingerprint density at radius 2 is 1.94 bits per heavy atom. The lowest BCUT2D eigenvalue weighted by Crippen LogP contribution is -2.42. The van der Waals surface area contributed by atoms with Gasteiger partial charge in [-0.3, -0.25) is 0 Å². The number of aliphatic carboxylic acids is 1. The highest BCUT2D eigenvalue weighted by molar-refractivity contribution is 5.86. The molecular formula is C27H32ClNO4. The van der Waals surface area contributed by atoms with Gasteiger partial charge in [-0.25, -0.2) is 4.79 Å². The van der Waals surface area contributed by atoms with Crippen LogP contribution in [0.15, 0.2) is 66.7 Å². The van der Waals surface area contributed by atoms with Crippen LogP contribution in [0.1, 0.15) is 37.7 Å². The molecule has 1 aliphatic heterocycles. The number of ether oxygens (including phenoxy) is 2. The van der Waals surface area contributed by atoms with Gasteiger partial charge in [0.1, 0.15) is 5.75 Å². The minimum absolute atomic E-state index is 0. The first kappa shape index (κ1) is 24.9. The molecule has 0 saturated carbocycles. The summed E-state index contributed by atoms with van der Waals surface area (Å²) >= 11 is 0. The lowest BCUT2D eigenvalue weighted by molar-refractivity contribution is -0.139. The Morgan fingerprint density at radius 3 is 2.79 bits per heavy atom. The van der Waals surface area contributed by atoms with Gasteiger partial charge in [0.05, 0.1) is 12.7 Å². The number of nitrogens with zero attached hydrogens (tertiary/aromatic N) is 1. The number of rotatable bonds is 9. The molecule has 1 heterocycles. The number of halogens is 1. The summed E-state index contributed by atoms with van der Waals surface area (Å²) in [4.78, 5) is 13.1. The monoisotopic (exact) mass is 469 g/mol. The maximum atomic E-state index is 10.8. The van der Waals surface area contributed by atoms with E-state index in [1.165, 1.54) is 16.3 Å². The number of carboxylic acids is 1. The van der Waals surface area contributed by atoms with E-state index >= 15 is 0 Å². The summed E-state index contributed by atoms with van der Waals surface area (Å²) in [6, 6.07) is 22.8. The van der Waals surface area contributed by atoms with E-state index in [0.717, 1.165) is 38.0 Å². The van der Waals surface area contributed by atoms with Crippen molar-refractivity contribution in [2.45, 2.75) is 38.2 Å². The van der Waals surface area contributed by atoms with Gasteiger partial charge in [0.25, 0.3) is 0 Å². The zero-order chi connectivity index (χ0) is 22.3. The normalized spacial score (nSPS) is 16.8. The number of fused-ring (bicyclic) bond motifs is 1. The topological polar surface area (TPSA) is 59.0 Å². The number of anilines is 1. The van der Waals surface area contributed by atoms with Gasteiger partial charge in [0.2, 0.25) is 0 Å². The standard InChI is InChI=1S/C27H31NO4.ClH/c1-20(25-14-5-9-21-8-2-3-13-26(21)25)7-4-12-24-18-28(15-16-31-24)22-10-6-11-23(17-22)32-19-27(29)30;/h2-3,5-6,8-11,13-14,17,20,24H,4,7,12,15-16,18-19H2,1H3,(H,29,30);1H/t20-,24?;/m0./s1. The van der Waals surface area contributed by atoms with Crippen LogP contribution >= 0.6 is 12.4 Å². The Labute approximate surface area is 201 Å². The first-order valence-electron chi connectivity index (χ1n) is 11.4. The second-order valence-electron chi connectivity index (χ2n) is 8.52. The maximum absolute atomic E-state index is 10.8. The lowest BCUT2D eigenvalue weighted by atomic mass is 9.90. The molecule has 33 heavy (non-hydrogen) atoms. The Bertz CT molecular complexity index is 1050. The van der Waals surface area contributed by atoms with Gasteiger partial charge in [0.15, 0.2) is 6.61 Å². The molecule has 4 rings (SSSR count). The third-order valence-corrected chi connectivity index (χ3v) is 6.20. The van der Waals surface area contributed by atoms with Crippen molar-refractivity contribution in [3.05, 3.63) is 72.3 Å². The van der Waals surface area contributed by atoms with Crippen LogP contribution < -0.4 is 9.64 Å². The van der Waals surface area contributed by atoms with Crippen molar-refractivity contribution in [3.8, 4) is 5.75 Å². The third kappa shape index (κ3) is 6.62. The predicted molar refractivity (Wildman–Crippen MR) is 135 cm³/mol. The smallest absolute Gasteiger partial charge is 0.341 e. The molecule has 6 heteroatoms. The molecule has 1 fully saturated rings. The first-order valence-corrected chi connectivity index (χ1v) is 11.4. The first-order chi connectivity index (χ1) is 15.6. The van der Waals surface area contributed by atoms with Gasteiger partial charge < -0.3 is 19.5 Å². The van der Waals surface area contributed by atoms with Gasteiger partial charge in [-0.2, -0.15) is 0 Å². The van der Waals surface area contributed by atoms with Crippen molar-refractivity contribution < 1.29 is 19.4 Å². The number of carbonyl (C=O) groups is 1. The van der Waals surface area contributed by atoms with Crippen LogP contribution in [0.2, 0.25) is 0 Å². The molecule has 1 unspecified atom stereocenters. The Kier molecular flexibility index (Phi) is 8.98. The average molecular weight is 470 g/mol. The highest BCUT2D eigenvalue weighted by Gasteiger charge is 2.21. The molecule has 3 aromatic rings. The van der Waals surface area contributed by atoms with Crippen LogP contribution in [0.3, 0.4) is 0 Å². The van der Waals surface area contributed by atoms with Crippen LogP contribution in [0.4, 0.5) is 5.69 Å². The molecule has 1 N–H and O–H groups in total. The van der Waals surface area contributed by atoms with Gasteiger partial charge >= 0.3 is 5.97 Å². The molecular weight excluding hydrogens is 438 g/mol. The van der Waals surface area contributed by atoms with E-state index in [0.29, 0.717) is 18.3 Å². The molecule has 0 amide bonds. The van der Waals surface area contributed by atoms with Gasteiger partial charge in [-0.15, -0.1) is 12.4 Å². The largest absolute Gasteiger partial charge is 0.482 e. The van der Waals surface area contributed by atoms with E-state index < -0.39 is 5.97 Å². The summed E-state index contributed by atoms with van der Waals surface area (Å²) < 4.78 is 11.4. The molecule has 5 nitrogen and oxygen atoms in total. The Hall–Kier alpha value is -2.76. The van der Waals surface area contributed by atoms with Crippen molar-refractivity contribution in [3.63, 3.8) is 0 Å². The summed E-state index contributed by atoms with van der Waals surface area (Å²) in [5.74, 6) is 0.111. The number of benzene rings is 3. The van der Waals surface area contributed by atoms with E-state index in [9.17, 15) is 4.79 Å². The number of hydrogen-bond donors (Lipinski definition) is 1. The van der Waals surface area contributed by atoms with Gasteiger partial charge in [0, 0.05) is 24.8 Å². The van der Waals surface area contributed by atoms with E-state index in [-0.39, 0.29) is 25.1 Å². The van der Waals surface area contributed by atoms with Crippen LogP contribution in [0.25, 0.3) is 10.8 Å². The minimum Gasteiger partial charge on any atom is -0.482 e. The predicted octanol–water partition coefficient (Wildman–Crippen LogP) is 5.90. The summed E-state index contributed by atoms with van der Waals surface area (Å²) in [6.07, 6.45) is 3.48. The summed E-state index contributed by atoms with van der Waals surface area (Å²) in [5.41, 5.74) is 2.47. The molecule has 3 aromatic carbocycles. The van der Waals surface area contributed by atoms with Crippen LogP contribution in [-0.4, -0.2) is 43.5 Å². The molecule has 1 aliphatic rings. The zero-order valence-corrected chi connectivity index (χ0v) is 19.8. The number of carboxylic acid groups (broad SMARTS) is 1. The van der Waals surface area contributed by atoms with Crippen molar-refractivity contribution >= 4 is 34.8 Å². The maximum Gasteiger partial charge on any atom is 0.341 e. The molecule has 0 aromatic heterocycles. The zero-order valence-electron chi connectivity index (χ0n) is 19.0. The molecule has 0 spiro atoms. The van der Waals surface area contributed by atoms with Crippen molar-refractivity contribution in [2.75, 3.05) is 31.2 Å². The van der Waals surface area contributed by atoms with Crippen LogP contribution in [0, 0.1) is 0 Å². The van der Waals surface area contributed by atoms with Gasteiger partial charge in [-0.05, 0) is 47.2 Å². The Balaban J connectivity index is 0.00000306. The second kappa shape index (κ2) is 11.9. The third-order valence-electron chi connectivity index (χ3n) is 6.20. The SMILES string of the molecule is C[C@@H](CCCC1CN(c2cccc(OCC(=O)O)c2)CCO1)c1cccc2ccccc12.Cl. The average Bonchev–Trinajstić information content (AvgIpc) is 2.82. The summed E-state index contributed by atoms with van der Waals surface area (Å²) in [7, 11) is 0. The quantitative estimate of drug-likeness (QED) is 0.422. The number of morpholine rings is 1. The highest BCUT2D eigenvalue weighted by Crippen LogP contribution is 2.30. The fraction of sp³-hybridized carbons (Fsp3) is 0.370. The molecule has 2 atom stereocenters. The fourth-order valence-corrected chi connectivity index (χ4v) is 4.53. The van der Waals surface area contributed by atoms with Crippen molar-refractivity contribution in [1.82, 2.24) is 0 Å². The molecule has 0 aliphatic carbocycles. The summed E-state index contributed by atoms with van der Waals surface area (Å²) in [5, 5.41) is 11.5. The molecule has 0 bridgehead atoms. The van der Waals surface area contributed by atoms with Crippen LogP contribution in [-0.2, 0) is 9.53 Å². The van der Waals surface area contributed by atoms with Crippen molar-refractivity contribution in [2.24, 2.45) is 0 Å². The number of hydrogen-bond acceptors (Lipinski definition) is 4. The second-order valence-corrected chi connectivity index (χ2v) is 8.52. The molecule has 1 saturated heterocycles. The van der Waals surface area contributed by atoms with Crippen molar-refractivity contribution in [1.29, 1.82) is 0 Å². The van der Waals surface area contributed by atoms with Gasteiger partial charge in [-0.1, -0.05) is 61.9 Å². The van der Waals surface area contributed by atoms with E-state index in [4.69, 9.17) is 14.6 Å². The van der Waals surface area contributed by atoms with E-state index in [1.54, 1.807) is 6.07 Å². The molecule has 0 radical (unpaired) electrons.